The van der Waals surface area contributed by atoms with E-state index in [1.54, 1.807) is 6.20 Å². The molecule has 2 aromatic carbocycles. The number of hydrogen-bond acceptors (Lipinski definition) is 3. The number of aryl methyl sites for hydroxylation is 1. The zero-order valence-corrected chi connectivity index (χ0v) is 15.2. The molecule has 0 saturated heterocycles. The molecule has 1 aromatic heterocycles. The number of nitrogens with zero attached hydrogens (tertiary/aromatic N) is 1. The molecule has 0 fully saturated rings. The van der Waals surface area contributed by atoms with E-state index in [4.69, 9.17) is 4.42 Å². The van der Waals surface area contributed by atoms with Crippen molar-refractivity contribution in [2.45, 2.75) is 32.7 Å². The van der Waals surface area contributed by atoms with Gasteiger partial charge in [-0.1, -0.05) is 43.3 Å². The van der Waals surface area contributed by atoms with Gasteiger partial charge in [0.1, 0.15) is 5.76 Å². The van der Waals surface area contributed by atoms with Gasteiger partial charge in [-0.05, 0) is 44.0 Å². The number of aromatic nitrogens is 1. The third kappa shape index (κ3) is 3.94. The molecule has 0 aliphatic heterocycles. The van der Waals surface area contributed by atoms with Crippen LogP contribution in [0.4, 0.5) is 10.5 Å². The zero-order chi connectivity index (χ0) is 18.6. The molecule has 5 nitrogen and oxygen atoms in total. The van der Waals surface area contributed by atoms with E-state index in [9.17, 15) is 4.79 Å². The molecule has 0 radical (unpaired) electrons. The van der Waals surface area contributed by atoms with Gasteiger partial charge in [0.15, 0.2) is 0 Å². The van der Waals surface area contributed by atoms with Crippen LogP contribution in [0.3, 0.4) is 0 Å². The Labute approximate surface area is 153 Å². The van der Waals surface area contributed by atoms with Crippen molar-refractivity contribution in [3.63, 3.8) is 0 Å². The minimum atomic E-state index is -0.442. The summed E-state index contributed by atoms with van der Waals surface area (Å²) < 4.78 is 5.55. The number of benzene rings is 2. The average Bonchev–Trinajstić information content (AvgIpc) is 3.09. The second-order valence-electron chi connectivity index (χ2n) is 6.49. The van der Waals surface area contributed by atoms with Crippen LogP contribution < -0.4 is 10.6 Å². The number of hydrogen-bond donors (Lipinski definition) is 2. The number of oxazole rings is 1. The predicted molar refractivity (Wildman–Crippen MR) is 103 cm³/mol. The maximum absolute atomic E-state index is 12.6. The van der Waals surface area contributed by atoms with Gasteiger partial charge in [-0.3, -0.25) is 0 Å². The highest BCUT2D eigenvalue weighted by Crippen LogP contribution is 2.25. The number of amides is 2. The maximum atomic E-state index is 12.6. The van der Waals surface area contributed by atoms with Gasteiger partial charge < -0.3 is 15.1 Å². The highest BCUT2D eigenvalue weighted by atomic mass is 16.4. The molecule has 3 rings (SSSR count). The number of nitrogens with one attached hydrogen (secondary N) is 2. The van der Waals surface area contributed by atoms with Gasteiger partial charge in [0.05, 0.1) is 11.7 Å². The molecule has 0 saturated carbocycles. The minimum absolute atomic E-state index is 0.251. The topological polar surface area (TPSA) is 67.2 Å². The fourth-order valence-electron chi connectivity index (χ4n) is 2.80. The summed E-state index contributed by atoms with van der Waals surface area (Å²) in [5, 5.41) is 5.98. The first-order valence-electron chi connectivity index (χ1n) is 8.68. The van der Waals surface area contributed by atoms with Crippen molar-refractivity contribution in [1.82, 2.24) is 10.3 Å². The van der Waals surface area contributed by atoms with E-state index < -0.39 is 5.54 Å². The monoisotopic (exact) mass is 349 g/mol. The summed E-state index contributed by atoms with van der Waals surface area (Å²) in [6.45, 7) is 5.92. The van der Waals surface area contributed by atoms with Gasteiger partial charge in [0.25, 0.3) is 0 Å². The lowest BCUT2D eigenvalue weighted by molar-refractivity contribution is 0.238. The summed E-state index contributed by atoms with van der Waals surface area (Å²) in [5.41, 5.74) is 2.13. The van der Waals surface area contributed by atoms with Crippen LogP contribution in [0.5, 0.6) is 0 Å². The minimum Gasteiger partial charge on any atom is -0.441 e. The molecule has 5 heteroatoms. The Morgan fingerprint density at radius 1 is 1.15 bits per heavy atom. The third-order valence-corrected chi connectivity index (χ3v) is 4.50. The molecule has 2 amide bonds. The van der Waals surface area contributed by atoms with Gasteiger partial charge in [0, 0.05) is 11.3 Å². The van der Waals surface area contributed by atoms with Crippen molar-refractivity contribution in [3.8, 4) is 11.5 Å². The molecule has 26 heavy (non-hydrogen) atoms. The van der Waals surface area contributed by atoms with Gasteiger partial charge in [-0.2, -0.15) is 0 Å². The molecule has 2 N–H and O–H groups in total. The van der Waals surface area contributed by atoms with E-state index in [0.29, 0.717) is 11.6 Å². The van der Waals surface area contributed by atoms with Crippen LogP contribution in [0.25, 0.3) is 11.5 Å². The Morgan fingerprint density at radius 3 is 2.58 bits per heavy atom. The maximum Gasteiger partial charge on any atom is 0.319 e. The number of rotatable bonds is 5. The normalized spacial score (nSPS) is 13.0. The Hall–Kier alpha value is -3.08. The molecule has 1 heterocycles. The van der Waals surface area contributed by atoms with Gasteiger partial charge in [-0.25, -0.2) is 9.78 Å². The van der Waals surface area contributed by atoms with Crippen molar-refractivity contribution >= 4 is 11.7 Å². The largest absolute Gasteiger partial charge is 0.441 e. The lowest BCUT2D eigenvalue weighted by Crippen LogP contribution is -2.45. The lowest BCUT2D eigenvalue weighted by Gasteiger charge is -2.30. The second kappa shape index (κ2) is 7.44. The molecular weight excluding hydrogens is 326 g/mol. The standard InChI is InChI=1S/C21H23N3O2/c1-4-21(3,17-10-6-5-7-11-17)24-20(25)23-18-12-8-9-16(13-18)19-22-14-15(2)26-19/h5-14H,4H2,1-3H3,(H2,23,24,25). The molecule has 0 aliphatic carbocycles. The van der Waals surface area contributed by atoms with Crippen molar-refractivity contribution in [3.05, 3.63) is 72.1 Å². The number of urea groups is 1. The average molecular weight is 349 g/mol. The first-order valence-corrected chi connectivity index (χ1v) is 8.68. The van der Waals surface area contributed by atoms with Gasteiger partial charge in [-0.15, -0.1) is 0 Å². The summed E-state index contributed by atoms with van der Waals surface area (Å²) in [6.07, 6.45) is 2.45. The summed E-state index contributed by atoms with van der Waals surface area (Å²) >= 11 is 0. The van der Waals surface area contributed by atoms with E-state index in [1.807, 2.05) is 68.4 Å². The predicted octanol–water partition coefficient (Wildman–Crippen LogP) is 5.10. The van der Waals surface area contributed by atoms with Crippen LogP contribution in [0.2, 0.25) is 0 Å². The highest BCUT2D eigenvalue weighted by molar-refractivity contribution is 5.90. The Bertz CT molecular complexity index is 889. The van der Waals surface area contributed by atoms with Crippen molar-refractivity contribution < 1.29 is 9.21 Å². The Balaban J connectivity index is 1.74. The third-order valence-electron chi connectivity index (χ3n) is 4.50. The molecule has 0 aliphatic rings. The summed E-state index contributed by atoms with van der Waals surface area (Å²) in [5.74, 6) is 1.28. The van der Waals surface area contributed by atoms with Crippen LogP contribution in [0, 0.1) is 6.92 Å². The Kier molecular flexibility index (Phi) is 5.07. The van der Waals surface area contributed by atoms with Crippen LogP contribution in [-0.2, 0) is 5.54 Å². The highest BCUT2D eigenvalue weighted by Gasteiger charge is 2.26. The van der Waals surface area contributed by atoms with Gasteiger partial charge in [0.2, 0.25) is 5.89 Å². The number of anilines is 1. The van der Waals surface area contributed by atoms with Crippen LogP contribution in [0.1, 0.15) is 31.6 Å². The zero-order valence-electron chi connectivity index (χ0n) is 15.2. The van der Waals surface area contributed by atoms with E-state index in [2.05, 4.69) is 22.5 Å². The Morgan fingerprint density at radius 2 is 1.92 bits per heavy atom. The van der Waals surface area contributed by atoms with Crippen LogP contribution >= 0.6 is 0 Å². The molecular formula is C21H23N3O2. The molecule has 134 valence electrons. The summed E-state index contributed by atoms with van der Waals surface area (Å²) in [7, 11) is 0. The van der Waals surface area contributed by atoms with E-state index in [1.165, 1.54) is 0 Å². The smallest absolute Gasteiger partial charge is 0.319 e. The van der Waals surface area contributed by atoms with Crippen molar-refractivity contribution in [2.75, 3.05) is 5.32 Å². The fourth-order valence-corrected chi connectivity index (χ4v) is 2.80. The summed E-state index contributed by atoms with van der Waals surface area (Å²) in [6, 6.07) is 17.2. The molecule has 1 atom stereocenters. The van der Waals surface area contributed by atoms with Crippen molar-refractivity contribution in [2.24, 2.45) is 0 Å². The van der Waals surface area contributed by atoms with E-state index in [-0.39, 0.29) is 6.03 Å². The van der Waals surface area contributed by atoms with E-state index in [0.717, 1.165) is 23.3 Å². The molecule has 0 spiro atoms. The molecule has 3 aromatic rings. The summed E-state index contributed by atoms with van der Waals surface area (Å²) in [4.78, 5) is 16.8. The van der Waals surface area contributed by atoms with Gasteiger partial charge >= 0.3 is 6.03 Å². The second-order valence-corrected chi connectivity index (χ2v) is 6.49. The number of carbonyl (C=O) groups excluding carboxylic acids is 1. The van der Waals surface area contributed by atoms with Crippen molar-refractivity contribution in [1.29, 1.82) is 0 Å². The lowest BCUT2D eigenvalue weighted by atomic mass is 9.89. The van der Waals surface area contributed by atoms with E-state index >= 15 is 0 Å². The quantitative estimate of drug-likeness (QED) is 0.673. The molecule has 1 unspecified atom stereocenters. The number of carbonyl (C=O) groups is 1. The fraction of sp³-hybridized carbons (Fsp3) is 0.238. The molecule has 0 bridgehead atoms. The van der Waals surface area contributed by atoms with Crippen LogP contribution in [0.15, 0.2) is 65.2 Å². The first kappa shape index (κ1) is 17.7. The first-order chi connectivity index (χ1) is 12.5. The SMILES string of the molecule is CCC(C)(NC(=O)Nc1cccc(-c2ncc(C)o2)c1)c1ccccc1. The van der Waals surface area contributed by atoms with Crippen LogP contribution in [-0.4, -0.2) is 11.0 Å².